The second-order valence-corrected chi connectivity index (χ2v) is 9.74. The molecule has 1 fully saturated rings. The third-order valence-corrected chi connectivity index (χ3v) is 7.11. The van der Waals surface area contributed by atoms with Gasteiger partial charge < -0.3 is 5.11 Å². The van der Waals surface area contributed by atoms with E-state index in [9.17, 15) is 36.2 Å². The number of piperidine rings is 1. The van der Waals surface area contributed by atoms with Crippen molar-refractivity contribution in [3.8, 4) is 11.1 Å². The molecule has 1 saturated heterocycles. The van der Waals surface area contributed by atoms with Gasteiger partial charge in [0.2, 0.25) is 0 Å². The molecule has 1 heterocycles. The van der Waals surface area contributed by atoms with Crippen LogP contribution in [0.25, 0.3) is 11.1 Å². The Hall–Kier alpha value is -3.33. The number of benzene rings is 3. The number of rotatable bonds is 6. The van der Waals surface area contributed by atoms with Crippen LogP contribution in [0.3, 0.4) is 0 Å². The Morgan fingerprint density at radius 3 is 2.03 bits per heavy atom. The first-order chi connectivity index (χ1) is 17.8. The summed E-state index contributed by atoms with van der Waals surface area (Å²) in [7, 11) is 0. The van der Waals surface area contributed by atoms with Crippen molar-refractivity contribution in [3.63, 3.8) is 0 Å². The van der Waals surface area contributed by atoms with E-state index in [2.05, 4.69) is 4.90 Å². The quantitative estimate of drug-likeness (QED) is 0.326. The van der Waals surface area contributed by atoms with Crippen molar-refractivity contribution in [1.82, 2.24) is 4.90 Å². The lowest BCUT2D eigenvalue weighted by molar-refractivity contribution is -0.138. The normalized spacial score (nSPS) is 17.8. The molecule has 4 rings (SSSR count). The fraction of sp³-hybridized carbons (Fsp3) is 0.345. The van der Waals surface area contributed by atoms with E-state index in [-0.39, 0.29) is 18.4 Å². The first-order valence-electron chi connectivity index (χ1n) is 12.3. The molecule has 3 aromatic rings. The molecule has 2 atom stereocenters. The van der Waals surface area contributed by atoms with Gasteiger partial charge in [0.1, 0.15) is 0 Å². The Labute approximate surface area is 216 Å². The zero-order valence-corrected chi connectivity index (χ0v) is 20.6. The molecule has 3 nitrogen and oxygen atoms in total. The highest BCUT2D eigenvalue weighted by atomic mass is 19.4. The minimum absolute atomic E-state index is 0.0302. The zero-order chi connectivity index (χ0) is 27.7. The van der Waals surface area contributed by atoms with Gasteiger partial charge in [-0.3, -0.25) is 9.69 Å². The van der Waals surface area contributed by atoms with Crippen LogP contribution < -0.4 is 0 Å². The van der Waals surface area contributed by atoms with Crippen LogP contribution in [0.1, 0.15) is 59.5 Å². The van der Waals surface area contributed by atoms with E-state index in [1.54, 1.807) is 6.07 Å². The lowest BCUT2D eigenvalue weighted by Gasteiger charge is -2.37. The largest absolute Gasteiger partial charge is 0.481 e. The van der Waals surface area contributed by atoms with Crippen LogP contribution in [-0.4, -0.2) is 29.1 Å². The lowest BCUT2D eigenvalue weighted by Crippen LogP contribution is -2.36. The van der Waals surface area contributed by atoms with Crippen molar-refractivity contribution in [1.29, 1.82) is 0 Å². The van der Waals surface area contributed by atoms with Gasteiger partial charge in [0.15, 0.2) is 0 Å². The molecule has 0 amide bonds. The number of halogens is 6. The van der Waals surface area contributed by atoms with Crippen LogP contribution in [-0.2, 0) is 23.6 Å². The molecule has 0 radical (unpaired) electrons. The second kappa shape index (κ2) is 10.8. The van der Waals surface area contributed by atoms with Gasteiger partial charge in [-0.2, -0.15) is 26.3 Å². The molecule has 1 aliphatic heterocycles. The van der Waals surface area contributed by atoms with Gasteiger partial charge >= 0.3 is 18.3 Å². The smallest absolute Gasteiger partial charge is 0.416 e. The molecule has 202 valence electrons. The molecule has 38 heavy (non-hydrogen) atoms. The standard InChI is InChI=1S/C29H27F6NO2/c1-18(20-4-8-25(9-5-20)28(30,31)32)36-12-2-3-22(17-36)24-14-19(15-27(37)38)13-23(16-24)21-6-10-26(11-7-21)29(33,34)35/h4-11,13-14,16,18,22H,2-3,12,15,17H2,1H3,(H,37,38). The third-order valence-electron chi connectivity index (χ3n) is 7.11. The first kappa shape index (κ1) is 27.7. The van der Waals surface area contributed by atoms with Crippen molar-refractivity contribution in [2.45, 2.75) is 50.5 Å². The van der Waals surface area contributed by atoms with Crippen LogP contribution in [0.5, 0.6) is 0 Å². The first-order valence-corrected chi connectivity index (χ1v) is 12.3. The number of carboxylic acid groups (broad SMARTS) is 1. The molecule has 9 heteroatoms. The minimum atomic E-state index is -4.45. The number of carbonyl (C=O) groups is 1. The Balaban J connectivity index is 1.60. The molecule has 0 spiro atoms. The number of alkyl halides is 6. The summed E-state index contributed by atoms with van der Waals surface area (Å²) < 4.78 is 77.9. The maximum atomic E-state index is 13.0. The van der Waals surface area contributed by atoms with E-state index < -0.39 is 29.4 Å². The van der Waals surface area contributed by atoms with Crippen molar-refractivity contribution in [3.05, 3.63) is 94.5 Å². The van der Waals surface area contributed by atoms with Crippen LogP contribution in [0, 0.1) is 0 Å². The van der Waals surface area contributed by atoms with Gasteiger partial charge in [0.25, 0.3) is 0 Å². The third kappa shape index (κ3) is 6.56. The topological polar surface area (TPSA) is 40.5 Å². The molecule has 1 aliphatic rings. The maximum absolute atomic E-state index is 13.0. The summed E-state index contributed by atoms with van der Waals surface area (Å²) in [4.78, 5) is 13.6. The Bertz CT molecular complexity index is 1270. The van der Waals surface area contributed by atoms with Crippen molar-refractivity contribution in [2.24, 2.45) is 0 Å². The molecular weight excluding hydrogens is 508 g/mol. The number of nitrogens with zero attached hydrogens (tertiary/aromatic N) is 1. The Kier molecular flexibility index (Phi) is 7.88. The molecule has 1 N–H and O–H groups in total. The predicted octanol–water partition coefficient (Wildman–Crippen LogP) is 7.96. The van der Waals surface area contributed by atoms with Crippen molar-refractivity contribution >= 4 is 5.97 Å². The van der Waals surface area contributed by atoms with Crippen LogP contribution in [0.4, 0.5) is 26.3 Å². The molecule has 0 saturated carbocycles. The van der Waals surface area contributed by atoms with Gasteiger partial charge in [0, 0.05) is 12.6 Å². The van der Waals surface area contributed by atoms with Gasteiger partial charge in [-0.25, -0.2) is 0 Å². The van der Waals surface area contributed by atoms with Gasteiger partial charge in [-0.1, -0.05) is 42.5 Å². The zero-order valence-electron chi connectivity index (χ0n) is 20.6. The molecular formula is C29H27F6NO2. The van der Waals surface area contributed by atoms with Crippen molar-refractivity contribution < 1.29 is 36.2 Å². The van der Waals surface area contributed by atoms with E-state index >= 15 is 0 Å². The average molecular weight is 536 g/mol. The van der Waals surface area contributed by atoms with E-state index in [4.69, 9.17) is 0 Å². The lowest BCUT2D eigenvalue weighted by atomic mass is 9.86. The SMILES string of the molecule is CC(c1ccc(C(F)(F)F)cc1)N1CCCC(c2cc(CC(=O)O)cc(-c3ccc(C(F)(F)F)cc3)c2)C1. The molecule has 2 unspecified atom stereocenters. The highest BCUT2D eigenvalue weighted by Crippen LogP contribution is 2.37. The molecule has 0 aliphatic carbocycles. The number of aliphatic carboxylic acids is 1. The summed E-state index contributed by atoms with van der Waals surface area (Å²) in [6.07, 6.45) is -7.40. The summed E-state index contributed by atoms with van der Waals surface area (Å²) in [5, 5.41) is 9.36. The Morgan fingerprint density at radius 1 is 0.895 bits per heavy atom. The summed E-state index contributed by atoms with van der Waals surface area (Å²) in [6.45, 7) is 3.32. The van der Waals surface area contributed by atoms with E-state index in [0.717, 1.165) is 54.8 Å². The molecule has 0 bridgehead atoms. The molecule has 0 aromatic heterocycles. The van der Waals surface area contributed by atoms with Gasteiger partial charge in [-0.05, 0) is 84.3 Å². The summed E-state index contributed by atoms with van der Waals surface area (Å²) >= 11 is 0. The summed E-state index contributed by atoms with van der Waals surface area (Å²) in [5.74, 6) is -0.982. The average Bonchev–Trinajstić information content (AvgIpc) is 2.87. The van der Waals surface area contributed by atoms with Gasteiger partial charge in [-0.15, -0.1) is 0 Å². The van der Waals surface area contributed by atoms with E-state index in [0.29, 0.717) is 23.2 Å². The fourth-order valence-corrected chi connectivity index (χ4v) is 5.04. The van der Waals surface area contributed by atoms with Crippen molar-refractivity contribution in [2.75, 3.05) is 13.1 Å². The molecule has 3 aromatic carbocycles. The number of hydrogen-bond acceptors (Lipinski definition) is 2. The van der Waals surface area contributed by atoms with E-state index in [1.165, 1.54) is 24.3 Å². The van der Waals surface area contributed by atoms with Crippen LogP contribution in [0.15, 0.2) is 66.7 Å². The Morgan fingerprint density at radius 2 is 1.47 bits per heavy atom. The number of likely N-dealkylation sites (tertiary alicyclic amines) is 1. The fourth-order valence-electron chi connectivity index (χ4n) is 5.04. The van der Waals surface area contributed by atoms with Gasteiger partial charge in [0.05, 0.1) is 17.5 Å². The summed E-state index contributed by atoms with van der Waals surface area (Å²) in [5.41, 5.74) is 1.95. The summed E-state index contributed by atoms with van der Waals surface area (Å²) in [6, 6.07) is 15.2. The monoisotopic (exact) mass is 535 g/mol. The number of hydrogen-bond donors (Lipinski definition) is 1. The number of carboxylic acids is 1. The van der Waals surface area contributed by atoms with Crippen LogP contribution in [0.2, 0.25) is 0 Å². The van der Waals surface area contributed by atoms with Crippen LogP contribution >= 0.6 is 0 Å². The second-order valence-electron chi connectivity index (χ2n) is 9.74. The highest BCUT2D eigenvalue weighted by molar-refractivity contribution is 5.73. The minimum Gasteiger partial charge on any atom is -0.481 e. The van der Waals surface area contributed by atoms with E-state index in [1.807, 2.05) is 19.1 Å². The highest BCUT2D eigenvalue weighted by Gasteiger charge is 2.32. The maximum Gasteiger partial charge on any atom is 0.416 e. The predicted molar refractivity (Wildman–Crippen MR) is 132 cm³/mol.